The molecule has 0 radical (unpaired) electrons. The lowest BCUT2D eigenvalue weighted by Gasteiger charge is -2.29. The van der Waals surface area contributed by atoms with Gasteiger partial charge in [-0.1, -0.05) is 146 Å². The Morgan fingerprint density at radius 1 is 0.632 bits per heavy atom. The summed E-state index contributed by atoms with van der Waals surface area (Å²) in [6, 6.07) is 52.6. The molecule has 6 aromatic carbocycles. The van der Waals surface area contributed by atoms with E-state index in [1.54, 1.807) is 6.26 Å². The van der Waals surface area contributed by atoms with Crippen molar-refractivity contribution in [3.05, 3.63) is 229 Å². The van der Waals surface area contributed by atoms with Gasteiger partial charge in [0.05, 0.1) is 11.8 Å². The zero-order valence-electron chi connectivity index (χ0n) is 31.8. The monoisotopic (exact) mass is 734 g/mol. The number of allylic oxidation sites excluding steroid dienone is 8. The van der Waals surface area contributed by atoms with Gasteiger partial charge in [-0.05, 0) is 102 Å². The van der Waals surface area contributed by atoms with Crippen molar-refractivity contribution in [2.45, 2.75) is 25.2 Å². The van der Waals surface area contributed by atoms with Crippen LogP contribution in [-0.4, -0.2) is 4.57 Å². The van der Waals surface area contributed by atoms with Crippen molar-refractivity contribution in [2.75, 3.05) is 4.90 Å². The molecule has 0 amide bonds. The Labute approximate surface area is 334 Å². The van der Waals surface area contributed by atoms with Crippen LogP contribution in [0.15, 0.2) is 207 Å². The van der Waals surface area contributed by atoms with Crippen molar-refractivity contribution in [3.8, 4) is 33.7 Å². The maximum Gasteiger partial charge on any atom is 0.142 e. The summed E-state index contributed by atoms with van der Waals surface area (Å²) < 4.78 is 8.62. The number of nitrogens with zero attached hydrogens (tertiary/aromatic N) is 2. The molecule has 0 fully saturated rings. The number of aromatic nitrogens is 1. The fourth-order valence-corrected chi connectivity index (χ4v) is 8.59. The number of ether oxygens (including phenoxy) is 1. The summed E-state index contributed by atoms with van der Waals surface area (Å²) in [4.78, 5) is 2.37. The van der Waals surface area contributed by atoms with E-state index in [1.165, 1.54) is 44.5 Å². The summed E-state index contributed by atoms with van der Waals surface area (Å²) in [7, 11) is 0. The normalized spacial score (nSPS) is 16.8. The predicted octanol–water partition coefficient (Wildman–Crippen LogP) is 14.2. The Hall–Kier alpha value is -7.10. The highest BCUT2D eigenvalue weighted by Gasteiger charge is 2.21. The maximum absolute atomic E-state index is 6.16. The molecule has 274 valence electrons. The first kappa shape index (κ1) is 34.4. The van der Waals surface area contributed by atoms with Gasteiger partial charge >= 0.3 is 0 Å². The Morgan fingerprint density at radius 3 is 2.12 bits per heavy atom. The fraction of sp³-hybridized carbons (Fsp3) is 0.0741. The van der Waals surface area contributed by atoms with Crippen LogP contribution < -0.4 is 9.64 Å². The number of anilines is 2. The van der Waals surface area contributed by atoms with Crippen LogP contribution in [0.4, 0.5) is 11.4 Å². The molecule has 0 saturated heterocycles. The number of para-hydroxylation sites is 2. The SMILES string of the molecule is C=C1/C=C\C=C/Oc2c1cccc2-c1ccc(N(C2=CCC(c3ccc(-n4c5c(c6ccccc64)C=CCC5)cc3)C=C2)c2ccc(-c3ccccc3)cc2)cc1. The van der Waals surface area contributed by atoms with Gasteiger partial charge in [-0.25, -0.2) is 0 Å². The van der Waals surface area contributed by atoms with Gasteiger partial charge in [0.25, 0.3) is 0 Å². The van der Waals surface area contributed by atoms with Crippen LogP contribution in [0.5, 0.6) is 5.75 Å². The summed E-state index contributed by atoms with van der Waals surface area (Å²) in [6.07, 6.45) is 22.3. The molecule has 0 saturated carbocycles. The molecule has 1 aromatic heterocycles. The van der Waals surface area contributed by atoms with Crippen molar-refractivity contribution in [1.82, 2.24) is 4.57 Å². The standard InChI is InChI=1S/C54H42N2O/c1-38-12-9-10-37-57-54-48(38)17-11-18-49(54)43-27-35-46(36-28-43)55(44-29-21-40(22-30-44)39-13-3-2-4-14-39)45-31-23-41(24-32-45)42-25-33-47(34-26-42)56-52-19-7-5-15-50(52)51-16-6-8-20-53(51)56/h2-7,9-19,21-23,25-37,41H,1,8,20,24H2/b12-9-,37-10-. The third-order valence-electron chi connectivity index (χ3n) is 11.5. The molecule has 3 nitrogen and oxygen atoms in total. The first-order valence-electron chi connectivity index (χ1n) is 19.9. The maximum atomic E-state index is 6.16. The van der Waals surface area contributed by atoms with E-state index < -0.39 is 0 Å². The minimum Gasteiger partial charge on any atom is -0.464 e. The topological polar surface area (TPSA) is 17.4 Å². The van der Waals surface area contributed by atoms with E-state index in [4.69, 9.17) is 4.74 Å². The van der Waals surface area contributed by atoms with Crippen LogP contribution in [0.3, 0.4) is 0 Å². The van der Waals surface area contributed by atoms with E-state index in [1.807, 2.05) is 18.2 Å². The summed E-state index contributed by atoms with van der Waals surface area (Å²) in [5.74, 6) is 1.11. The molecule has 1 aliphatic heterocycles. The van der Waals surface area contributed by atoms with Gasteiger partial charge in [-0.15, -0.1) is 0 Å². The van der Waals surface area contributed by atoms with E-state index in [2.05, 4.69) is 192 Å². The highest BCUT2D eigenvalue weighted by atomic mass is 16.5. The predicted molar refractivity (Wildman–Crippen MR) is 239 cm³/mol. The van der Waals surface area contributed by atoms with E-state index in [0.29, 0.717) is 5.92 Å². The molecular formula is C54H42N2O. The van der Waals surface area contributed by atoms with Gasteiger partial charge in [0.2, 0.25) is 0 Å². The molecule has 10 rings (SSSR count). The second-order valence-electron chi connectivity index (χ2n) is 14.9. The first-order chi connectivity index (χ1) is 28.2. The highest BCUT2D eigenvalue weighted by molar-refractivity contribution is 5.93. The van der Waals surface area contributed by atoms with Gasteiger partial charge in [-0.2, -0.15) is 0 Å². The number of fused-ring (bicyclic) bond motifs is 4. The number of rotatable bonds is 7. The van der Waals surface area contributed by atoms with E-state index in [0.717, 1.165) is 64.3 Å². The van der Waals surface area contributed by atoms with E-state index >= 15 is 0 Å². The fourth-order valence-electron chi connectivity index (χ4n) is 8.59. The quantitative estimate of drug-likeness (QED) is 0.162. The molecule has 57 heavy (non-hydrogen) atoms. The second kappa shape index (κ2) is 14.9. The Bertz CT molecular complexity index is 2780. The van der Waals surface area contributed by atoms with Crippen molar-refractivity contribution in [1.29, 1.82) is 0 Å². The smallest absolute Gasteiger partial charge is 0.142 e. The van der Waals surface area contributed by atoms with Gasteiger partial charge in [-0.3, -0.25) is 0 Å². The molecular weight excluding hydrogens is 693 g/mol. The number of benzene rings is 6. The van der Waals surface area contributed by atoms with Crippen LogP contribution >= 0.6 is 0 Å². The lowest BCUT2D eigenvalue weighted by molar-refractivity contribution is 0.481. The molecule has 1 atom stereocenters. The first-order valence-corrected chi connectivity index (χ1v) is 19.9. The van der Waals surface area contributed by atoms with E-state index in [9.17, 15) is 0 Å². The molecule has 7 aromatic rings. The highest BCUT2D eigenvalue weighted by Crippen LogP contribution is 2.41. The molecule has 3 aliphatic rings. The summed E-state index contributed by atoms with van der Waals surface area (Å²) in [6.45, 7) is 4.28. The summed E-state index contributed by atoms with van der Waals surface area (Å²) in [5.41, 5.74) is 16.4. The number of hydrogen-bond donors (Lipinski definition) is 0. The molecule has 0 N–H and O–H groups in total. The van der Waals surface area contributed by atoms with Crippen molar-refractivity contribution >= 4 is 33.9 Å². The lowest BCUT2D eigenvalue weighted by atomic mass is 9.91. The van der Waals surface area contributed by atoms with Gasteiger partial charge in [0.1, 0.15) is 5.75 Å². The zero-order chi connectivity index (χ0) is 38.1. The lowest BCUT2D eigenvalue weighted by Crippen LogP contribution is -2.17. The molecule has 0 bridgehead atoms. The largest absolute Gasteiger partial charge is 0.464 e. The van der Waals surface area contributed by atoms with Crippen LogP contribution in [-0.2, 0) is 6.42 Å². The molecule has 0 spiro atoms. The summed E-state index contributed by atoms with van der Waals surface area (Å²) in [5, 5.41) is 1.33. The average Bonchev–Trinajstić information content (AvgIpc) is 3.61. The van der Waals surface area contributed by atoms with Crippen LogP contribution in [0, 0.1) is 0 Å². The van der Waals surface area contributed by atoms with Crippen molar-refractivity contribution in [2.24, 2.45) is 0 Å². The van der Waals surface area contributed by atoms with Gasteiger partial charge in [0, 0.05) is 56.4 Å². The molecule has 1 unspecified atom stereocenters. The minimum atomic E-state index is 0.293. The van der Waals surface area contributed by atoms with Crippen LogP contribution in [0.1, 0.15) is 41.1 Å². The molecule has 2 aliphatic carbocycles. The van der Waals surface area contributed by atoms with Gasteiger partial charge in [0.15, 0.2) is 0 Å². The Balaban J connectivity index is 0.957. The Kier molecular flexibility index (Phi) is 8.97. The van der Waals surface area contributed by atoms with E-state index in [-0.39, 0.29) is 0 Å². The third kappa shape index (κ3) is 6.47. The second-order valence-corrected chi connectivity index (χ2v) is 14.9. The van der Waals surface area contributed by atoms with Crippen LogP contribution in [0.25, 0.3) is 50.5 Å². The number of hydrogen-bond acceptors (Lipinski definition) is 2. The zero-order valence-corrected chi connectivity index (χ0v) is 31.8. The third-order valence-corrected chi connectivity index (χ3v) is 11.5. The van der Waals surface area contributed by atoms with Crippen LogP contribution in [0.2, 0.25) is 0 Å². The Morgan fingerprint density at radius 2 is 1.35 bits per heavy atom. The van der Waals surface area contributed by atoms with Crippen molar-refractivity contribution < 1.29 is 4.74 Å². The molecule has 2 heterocycles. The minimum absolute atomic E-state index is 0.293. The van der Waals surface area contributed by atoms with Gasteiger partial charge < -0.3 is 14.2 Å². The molecule has 3 heteroatoms. The van der Waals surface area contributed by atoms with Crippen molar-refractivity contribution in [3.63, 3.8) is 0 Å². The average molecular weight is 735 g/mol. The summed E-state index contributed by atoms with van der Waals surface area (Å²) >= 11 is 0.